The zero-order chi connectivity index (χ0) is 21.7. The van der Waals surface area contributed by atoms with E-state index in [9.17, 15) is 9.90 Å². The molecule has 0 spiro atoms. The molecule has 29 heavy (non-hydrogen) atoms. The Morgan fingerprint density at radius 1 is 1.07 bits per heavy atom. The highest BCUT2D eigenvalue weighted by Gasteiger charge is 2.32. The molecule has 5 nitrogen and oxygen atoms in total. The lowest BCUT2D eigenvalue weighted by Gasteiger charge is -2.34. The molecule has 1 saturated heterocycles. The van der Waals surface area contributed by atoms with Gasteiger partial charge in [-0.1, -0.05) is 51.8 Å². The minimum Gasteiger partial charge on any atom is -0.457 e. The molecule has 3 rings (SSSR count). The first-order chi connectivity index (χ1) is 14.1. The number of ether oxygens (including phenoxy) is 1. The maximum Gasteiger partial charge on any atom is 0.272 e. The van der Waals surface area contributed by atoms with Crippen molar-refractivity contribution in [3.05, 3.63) is 54.4 Å². The van der Waals surface area contributed by atoms with Crippen LogP contribution in [-0.4, -0.2) is 39.6 Å². The zero-order valence-electron chi connectivity index (χ0n) is 18.1. The Balaban J connectivity index is 0.000000989. The molecule has 1 aromatic heterocycles. The van der Waals surface area contributed by atoms with Crippen molar-refractivity contribution in [1.82, 2.24) is 9.88 Å². The van der Waals surface area contributed by atoms with Crippen LogP contribution in [0.5, 0.6) is 11.5 Å². The summed E-state index contributed by atoms with van der Waals surface area (Å²) in [7, 11) is 0. The van der Waals surface area contributed by atoms with Crippen molar-refractivity contribution in [1.29, 1.82) is 0 Å². The first-order valence-electron chi connectivity index (χ1n) is 10.2. The fourth-order valence-corrected chi connectivity index (χ4v) is 2.82. The van der Waals surface area contributed by atoms with Crippen LogP contribution in [-0.2, 0) is 0 Å². The van der Waals surface area contributed by atoms with Crippen LogP contribution in [0.15, 0.2) is 48.7 Å². The normalized spacial score (nSPS) is 14.1. The van der Waals surface area contributed by atoms with E-state index in [-0.39, 0.29) is 5.91 Å². The van der Waals surface area contributed by atoms with Gasteiger partial charge < -0.3 is 14.7 Å². The predicted molar refractivity (Wildman–Crippen MR) is 117 cm³/mol. The highest BCUT2D eigenvalue weighted by Crippen LogP contribution is 2.24. The summed E-state index contributed by atoms with van der Waals surface area (Å²) in [6.45, 7) is 10.6. The average molecular weight is 397 g/mol. The summed E-state index contributed by atoms with van der Waals surface area (Å²) in [5.74, 6) is 6.69. The topological polar surface area (TPSA) is 62.7 Å². The third-order valence-electron chi connectivity index (χ3n) is 4.16. The summed E-state index contributed by atoms with van der Waals surface area (Å²) >= 11 is 0. The van der Waals surface area contributed by atoms with Crippen molar-refractivity contribution >= 4 is 5.91 Å². The Bertz CT molecular complexity index is 802. The molecular formula is C24H32N2O3. The molecule has 0 aliphatic carbocycles. The van der Waals surface area contributed by atoms with Gasteiger partial charge in [-0.05, 0) is 25.1 Å². The minimum atomic E-state index is -0.989. The van der Waals surface area contributed by atoms with Crippen LogP contribution in [0.1, 0.15) is 57.9 Å². The third-order valence-corrected chi connectivity index (χ3v) is 4.16. The fraction of sp³-hybridized carbons (Fsp3) is 0.417. The number of piperidine rings is 1. The predicted octanol–water partition coefficient (Wildman–Crippen LogP) is 4.92. The molecule has 0 unspecified atom stereocenters. The molecule has 1 aliphatic rings. The maximum absolute atomic E-state index is 12.7. The highest BCUT2D eigenvalue weighted by atomic mass is 16.5. The smallest absolute Gasteiger partial charge is 0.272 e. The average Bonchev–Trinajstić information content (AvgIpc) is 2.77. The van der Waals surface area contributed by atoms with E-state index in [1.807, 2.05) is 58.0 Å². The molecule has 1 N–H and O–H groups in total. The number of amides is 1. The standard InChI is InChI=1S/C20H20N2O3.2C2H6/c1-2-9-20(24)10-13-22(14-11-20)19(23)18-15-17(8-12-21-18)25-16-6-4-3-5-7-16;2*1-2/h3-8,12,15,24H,10-11,13-14H2,1H3;2*1-2H3. The first-order valence-corrected chi connectivity index (χ1v) is 10.2. The van der Waals surface area contributed by atoms with E-state index < -0.39 is 5.60 Å². The second kappa shape index (κ2) is 12.6. The van der Waals surface area contributed by atoms with Gasteiger partial charge in [-0.15, -0.1) is 5.92 Å². The Hall–Kier alpha value is -2.84. The quantitative estimate of drug-likeness (QED) is 0.748. The molecule has 2 aromatic rings. The molecule has 0 saturated carbocycles. The van der Waals surface area contributed by atoms with Crippen molar-refractivity contribution in [2.24, 2.45) is 0 Å². The van der Waals surface area contributed by atoms with Crippen molar-refractivity contribution in [3.8, 4) is 23.3 Å². The van der Waals surface area contributed by atoms with Crippen molar-refractivity contribution in [3.63, 3.8) is 0 Å². The molecule has 1 aliphatic heterocycles. The van der Waals surface area contributed by atoms with E-state index in [0.717, 1.165) is 0 Å². The van der Waals surface area contributed by atoms with E-state index in [1.54, 1.807) is 30.2 Å². The highest BCUT2D eigenvalue weighted by molar-refractivity contribution is 5.92. The molecule has 1 fully saturated rings. The van der Waals surface area contributed by atoms with Crippen LogP contribution < -0.4 is 4.74 Å². The van der Waals surface area contributed by atoms with Crippen LogP contribution in [0.4, 0.5) is 0 Å². The summed E-state index contributed by atoms with van der Waals surface area (Å²) in [5.41, 5.74) is -0.655. The number of pyridine rings is 1. The van der Waals surface area contributed by atoms with Gasteiger partial charge in [0, 0.05) is 38.2 Å². The first kappa shape index (κ1) is 24.2. The number of hydrogen-bond donors (Lipinski definition) is 1. The van der Waals surface area contributed by atoms with Gasteiger partial charge in [-0.2, -0.15) is 0 Å². The molecule has 1 amide bonds. The molecule has 0 radical (unpaired) electrons. The number of nitrogens with zero attached hydrogens (tertiary/aromatic N) is 2. The number of likely N-dealkylation sites (tertiary alicyclic amines) is 1. The van der Waals surface area contributed by atoms with Crippen molar-refractivity contribution < 1.29 is 14.6 Å². The monoisotopic (exact) mass is 396 g/mol. The molecular weight excluding hydrogens is 364 g/mol. The number of carbonyl (C=O) groups excluding carboxylic acids is 1. The third kappa shape index (κ3) is 7.24. The lowest BCUT2D eigenvalue weighted by Crippen LogP contribution is -2.46. The number of rotatable bonds is 3. The van der Waals surface area contributed by atoms with Crippen molar-refractivity contribution in [2.45, 2.75) is 53.1 Å². The van der Waals surface area contributed by atoms with Gasteiger partial charge in [0.1, 0.15) is 22.8 Å². The summed E-state index contributed by atoms with van der Waals surface area (Å²) in [4.78, 5) is 18.5. The van der Waals surface area contributed by atoms with Gasteiger partial charge in [-0.25, -0.2) is 0 Å². The Morgan fingerprint density at radius 2 is 1.69 bits per heavy atom. The Morgan fingerprint density at radius 3 is 2.28 bits per heavy atom. The van der Waals surface area contributed by atoms with Crippen LogP contribution in [0.25, 0.3) is 0 Å². The van der Waals surface area contributed by atoms with Gasteiger partial charge in [0.15, 0.2) is 0 Å². The van der Waals surface area contributed by atoms with Gasteiger partial charge in [-0.3, -0.25) is 9.78 Å². The van der Waals surface area contributed by atoms with Crippen LogP contribution in [0, 0.1) is 11.8 Å². The number of aromatic nitrogens is 1. The van der Waals surface area contributed by atoms with E-state index in [1.165, 1.54) is 0 Å². The van der Waals surface area contributed by atoms with Gasteiger partial charge in [0.25, 0.3) is 5.91 Å². The van der Waals surface area contributed by atoms with Gasteiger partial charge in [0.05, 0.1) is 0 Å². The second-order valence-corrected chi connectivity index (χ2v) is 5.99. The lowest BCUT2D eigenvalue weighted by atomic mass is 9.92. The summed E-state index contributed by atoms with van der Waals surface area (Å²) < 4.78 is 5.75. The molecule has 0 atom stereocenters. The SMILES string of the molecule is CC.CC.CC#CC1(O)CCN(C(=O)c2cc(Oc3ccccc3)ccn2)CC1. The van der Waals surface area contributed by atoms with E-state index in [2.05, 4.69) is 16.8 Å². The lowest BCUT2D eigenvalue weighted by molar-refractivity contribution is 0.0246. The van der Waals surface area contributed by atoms with Crippen LogP contribution >= 0.6 is 0 Å². The second-order valence-electron chi connectivity index (χ2n) is 5.99. The number of para-hydroxylation sites is 1. The van der Waals surface area contributed by atoms with Crippen molar-refractivity contribution in [2.75, 3.05) is 13.1 Å². The van der Waals surface area contributed by atoms with Gasteiger partial charge in [0.2, 0.25) is 0 Å². The molecule has 0 bridgehead atoms. The summed E-state index contributed by atoms with van der Waals surface area (Å²) in [6.07, 6.45) is 2.45. The number of carbonyl (C=O) groups is 1. The zero-order valence-corrected chi connectivity index (χ0v) is 18.1. The summed E-state index contributed by atoms with van der Waals surface area (Å²) in [6, 6.07) is 12.7. The number of hydrogen-bond acceptors (Lipinski definition) is 4. The number of benzene rings is 1. The largest absolute Gasteiger partial charge is 0.457 e. The van der Waals surface area contributed by atoms with E-state index in [0.29, 0.717) is 43.1 Å². The minimum absolute atomic E-state index is 0.162. The molecule has 156 valence electrons. The molecule has 1 aromatic carbocycles. The summed E-state index contributed by atoms with van der Waals surface area (Å²) in [5, 5.41) is 10.3. The molecule has 5 heteroatoms. The van der Waals surface area contributed by atoms with Gasteiger partial charge >= 0.3 is 0 Å². The Labute approximate surface area is 174 Å². The van der Waals surface area contributed by atoms with E-state index >= 15 is 0 Å². The maximum atomic E-state index is 12.7. The van der Waals surface area contributed by atoms with Crippen LogP contribution in [0.2, 0.25) is 0 Å². The molecule has 2 heterocycles. The fourth-order valence-electron chi connectivity index (χ4n) is 2.82. The van der Waals surface area contributed by atoms with Crippen LogP contribution in [0.3, 0.4) is 0 Å². The Kier molecular flexibility index (Phi) is 10.5. The number of aliphatic hydroxyl groups is 1. The van der Waals surface area contributed by atoms with E-state index in [4.69, 9.17) is 4.74 Å².